The Kier molecular flexibility index (Phi) is 6.09. The molecule has 158 valence electrons. The minimum Gasteiger partial charge on any atom is -0.477 e. The van der Waals surface area contributed by atoms with Gasteiger partial charge in [0.05, 0.1) is 12.2 Å². The molecule has 0 aromatic heterocycles. The number of fused-ring (bicyclic) bond motifs is 1. The summed E-state index contributed by atoms with van der Waals surface area (Å²) in [6.07, 6.45) is 9.22. The molecule has 0 bridgehead atoms. The molecule has 0 radical (unpaired) electrons. The van der Waals surface area contributed by atoms with Crippen LogP contribution in [0.1, 0.15) is 58.3 Å². The summed E-state index contributed by atoms with van der Waals surface area (Å²) in [7, 11) is 0. The van der Waals surface area contributed by atoms with Crippen molar-refractivity contribution in [2.45, 2.75) is 69.9 Å². The summed E-state index contributed by atoms with van der Waals surface area (Å²) in [5.41, 5.74) is 0.822. The van der Waals surface area contributed by atoms with Crippen LogP contribution in [0, 0.1) is 0 Å². The number of ether oxygens (including phenoxy) is 1. The van der Waals surface area contributed by atoms with E-state index in [0.717, 1.165) is 31.6 Å². The number of piperidine rings is 1. The molecule has 6 nitrogen and oxygen atoms in total. The number of nitrogens with zero attached hydrogens (tertiary/aromatic N) is 2. The van der Waals surface area contributed by atoms with Gasteiger partial charge in [-0.25, -0.2) is 0 Å². The lowest BCUT2D eigenvalue weighted by atomic mass is 9.79. The molecule has 2 heterocycles. The first kappa shape index (κ1) is 20.2. The van der Waals surface area contributed by atoms with Crippen molar-refractivity contribution in [3.05, 3.63) is 24.3 Å². The Morgan fingerprint density at radius 3 is 2.48 bits per heavy atom. The standard InChI is InChI=1S/C23H33N3O3/c1-18(27)26-16-21(29-20-11-5-4-10-19(20)26)22(28)24-17-23(12-6-2-7-13-23)25-14-8-3-9-15-25/h4-5,10-11,21H,2-3,6-9,12-17H2,1H3,(H,24,28)/t21-/m1/s1. The first-order valence-corrected chi connectivity index (χ1v) is 11.2. The molecule has 1 aliphatic carbocycles. The van der Waals surface area contributed by atoms with Crippen LogP contribution in [0.2, 0.25) is 0 Å². The van der Waals surface area contributed by atoms with Gasteiger partial charge in [-0.3, -0.25) is 14.5 Å². The first-order chi connectivity index (χ1) is 14.1. The predicted octanol–water partition coefficient (Wildman–Crippen LogP) is 3.11. The van der Waals surface area contributed by atoms with Crippen LogP contribution in [0.15, 0.2) is 24.3 Å². The molecule has 1 N–H and O–H groups in total. The number of carbonyl (C=O) groups is 2. The van der Waals surface area contributed by atoms with E-state index in [-0.39, 0.29) is 23.9 Å². The fraction of sp³-hybridized carbons (Fsp3) is 0.652. The second-order valence-electron chi connectivity index (χ2n) is 8.75. The summed E-state index contributed by atoms with van der Waals surface area (Å²) in [6.45, 7) is 4.75. The first-order valence-electron chi connectivity index (χ1n) is 11.2. The van der Waals surface area contributed by atoms with E-state index in [9.17, 15) is 9.59 Å². The van der Waals surface area contributed by atoms with Crippen molar-refractivity contribution < 1.29 is 14.3 Å². The van der Waals surface area contributed by atoms with E-state index < -0.39 is 6.10 Å². The number of hydrogen-bond donors (Lipinski definition) is 1. The van der Waals surface area contributed by atoms with Gasteiger partial charge in [0.1, 0.15) is 5.75 Å². The van der Waals surface area contributed by atoms with Crippen LogP contribution in [0.4, 0.5) is 5.69 Å². The van der Waals surface area contributed by atoms with Crippen molar-refractivity contribution in [2.75, 3.05) is 31.1 Å². The number of likely N-dealkylation sites (tertiary alicyclic amines) is 1. The van der Waals surface area contributed by atoms with Crippen molar-refractivity contribution in [2.24, 2.45) is 0 Å². The molecule has 2 aliphatic heterocycles. The molecule has 1 saturated heterocycles. The van der Waals surface area contributed by atoms with E-state index >= 15 is 0 Å². The number of anilines is 1. The molecule has 1 aromatic rings. The topological polar surface area (TPSA) is 61.9 Å². The van der Waals surface area contributed by atoms with Gasteiger partial charge in [0.2, 0.25) is 5.91 Å². The van der Waals surface area contributed by atoms with Gasteiger partial charge in [-0.15, -0.1) is 0 Å². The monoisotopic (exact) mass is 399 g/mol. The maximum absolute atomic E-state index is 13.1. The number of para-hydroxylation sites is 2. The molecular weight excluding hydrogens is 366 g/mol. The Hall–Kier alpha value is -2.08. The predicted molar refractivity (Wildman–Crippen MR) is 113 cm³/mol. The number of rotatable bonds is 4. The van der Waals surface area contributed by atoms with E-state index in [1.807, 2.05) is 24.3 Å². The zero-order valence-corrected chi connectivity index (χ0v) is 17.5. The smallest absolute Gasteiger partial charge is 0.263 e. The maximum atomic E-state index is 13.1. The van der Waals surface area contributed by atoms with Crippen LogP contribution in [0.5, 0.6) is 5.75 Å². The molecule has 2 fully saturated rings. The highest BCUT2D eigenvalue weighted by Gasteiger charge is 2.40. The number of amides is 2. The third-order valence-corrected chi connectivity index (χ3v) is 6.85. The van der Waals surface area contributed by atoms with Crippen LogP contribution in [-0.4, -0.2) is 54.5 Å². The molecule has 1 saturated carbocycles. The third kappa shape index (κ3) is 4.27. The summed E-state index contributed by atoms with van der Waals surface area (Å²) in [4.78, 5) is 29.5. The molecule has 0 unspecified atom stereocenters. The minimum absolute atomic E-state index is 0.0735. The second-order valence-corrected chi connectivity index (χ2v) is 8.75. The normalized spacial score (nSPS) is 24.3. The number of benzene rings is 1. The summed E-state index contributed by atoms with van der Waals surface area (Å²) in [5.74, 6) is 0.404. The van der Waals surface area contributed by atoms with E-state index in [2.05, 4.69) is 10.2 Å². The average Bonchev–Trinajstić information content (AvgIpc) is 2.78. The van der Waals surface area contributed by atoms with Gasteiger partial charge < -0.3 is 15.0 Å². The van der Waals surface area contributed by atoms with Crippen LogP contribution in [0.25, 0.3) is 0 Å². The molecule has 6 heteroatoms. The summed E-state index contributed by atoms with van der Waals surface area (Å²) >= 11 is 0. The minimum atomic E-state index is -0.671. The number of hydrogen-bond acceptors (Lipinski definition) is 4. The molecule has 0 spiro atoms. The van der Waals surface area contributed by atoms with Gasteiger partial charge in [-0.1, -0.05) is 37.8 Å². The third-order valence-electron chi connectivity index (χ3n) is 6.85. The van der Waals surface area contributed by atoms with Gasteiger partial charge in [0.15, 0.2) is 6.10 Å². The van der Waals surface area contributed by atoms with Crippen molar-refractivity contribution in [3.8, 4) is 5.75 Å². The average molecular weight is 400 g/mol. The number of carbonyl (C=O) groups excluding carboxylic acids is 2. The van der Waals surface area contributed by atoms with Crippen molar-refractivity contribution >= 4 is 17.5 Å². The van der Waals surface area contributed by atoms with Crippen LogP contribution in [-0.2, 0) is 9.59 Å². The zero-order chi connectivity index (χ0) is 20.3. The highest BCUT2D eigenvalue weighted by Crippen LogP contribution is 2.36. The molecule has 3 aliphatic rings. The fourth-order valence-electron chi connectivity index (χ4n) is 5.22. The lowest BCUT2D eigenvalue weighted by Gasteiger charge is -2.48. The molecule has 2 amide bonds. The fourth-order valence-corrected chi connectivity index (χ4v) is 5.22. The lowest BCUT2D eigenvalue weighted by Crippen LogP contribution is -2.60. The Morgan fingerprint density at radius 2 is 1.76 bits per heavy atom. The van der Waals surface area contributed by atoms with Gasteiger partial charge in [0, 0.05) is 19.0 Å². The second kappa shape index (κ2) is 8.74. The van der Waals surface area contributed by atoms with Gasteiger partial charge in [0.25, 0.3) is 5.91 Å². The largest absolute Gasteiger partial charge is 0.477 e. The highest BCUT2D eigenvalue weighted by atomic mass is 16.5. The van der Waals surface area contributed by atoms with Crippen molar-refractivity contribution in [3.63, 3.8) is 0 Å². The summed E-state index contributed by atoms with van der Waals surface area (Å²) in [5, 5.41) is 3.21. The van der Waals surface area contributed by atoms with Crippen LogP contribution in [0.3, 0.4) is 0 Å². The maximum Gasteiger partial charge on any atom is 0.263 e. The van der Waals surface area contributed by atoms with Crippen molar-refractivity contribution in [1.82, 2.24) is 10.2 Å². The highest BCUT2D eigenvalue weighted by molar-refractivity contribution is 5.95. The van der Waals surface area contributed by atoms with Crippen LogP contribution >= 0.6 is 0 Å². The molecule has 1 atom stereocenters. The van der Waals surface area contributed by atoms with E-state index in [4.69, 9.17) is 4.74 Å². The SMILES string of the molecule is CC(=O)N1C[C@H](C(=O)NCC2(N3CCCCC3)CCCCC2)Oc2ccccc21. The molecular formula is C23H33N3O3. The number of nitrogens with one attached hydrogen (secondary N) is 1. The molecule has 1 aromatic carbocycles. The Morgan fingerprint density at radius 1 is 1.07 bits per heavy atom. The van der Waals surface area contributed by atoms with E-state index in [1.165, 1.54) is 45.4 Å². The van der Waals surface area contributed by atoms with Crippen LogP contribution < -0.4 is 15.0 Å². The summed E-state index contributed by atoms with van der Waals surface area (Å²) in [6, 6.07) is 7.42. The quantitative estimate of drug-likeness (QED) is 0.845. The summed E-state index contributed by atoms with van der Waals surface area (Å²) < 4.78 is 5.97. The lowest BCUT2D eigenvalue weighted by molar-refractivity contribution is -0.129. The Bertz CT molecular complexity index is 739. The van der Waals surface area contributed by atoms with Crippen molar-refractivity contribution in [1.29, 1.82) is 0 Å². The van der Waals surface area contributed by atoms with Gasteiger partial charge in [-0.2, -0.15) is 0 Å². The van der Waals surface area contributed by atoms with Gasteiger partial charge in [-0.05, 0) is 50.9 Å². The molecule has 4 rings (SSSR count). The Labute approximate surface area is 173 Å². The van der Waals surface area contributed by atoms with E-state index in [1.54, 1.807) is 4.90 Å². The van der Waals surface area contributed by atoms with E-state index in [0.29, 0.717) is 12.3 Å². The zero-order valence-electron chi connectivity index (χ0n) is 17.5. The Balaban J connectivity index is 1.45. The van der Waals surface area contributed by atoms with Gasteiger partial charge >= 0.3 is 0 Å². The molecule has 29 heavy (non-hydrogen) atoms.